The van der Waals surface area contributed by atoms with Crippen LogP contribution in [0, 0.1) is 11.8 Å². The normalized spacial score (nSPS) is 14.4. The van der Waals surface area contributed by atoms with Crippen molar-refractivity contribution in [2.45, 2.75) is 20.0 Å². The molecule has 1 aromatic carbocycles. The Kier molecular flexibility index (Phi) is 5.82. The number of halogens is 2. The van der Waals surface area contributed by atoms with E-state index in [1.807, 2.05) is 19.9 Å². The first-order valence-electron chi connectivity index (χ1n) is 5.59. The van der Waals surface area contributed by atoms with E-state index in [-0.39, 0.29) is 5.92 Å². The van der Waals surface area contributed by atoms with Crippen LogP contribution in [0.5, 0.6) is 0 Å². The van der Waals surface area contributed by atoms with E-state index in [4.69, 9.17) is 4.74 Å². The molecule has 0 spiro atoms. The second kappa shape index (κ2) is 6.68. The van der Waals surface area contributed by atoms with Crippen LogP contribution in [0.4, 0.5) is 0 Å². The summed E-state index contributed by atoms with van der Waals surface area (Å²) < 4.78 is 6.49. The van der Waals surface area contributed by atoms with Crippen LogP contribution in [0.2, 0.25) is 0 Å². The molecule has 0 amide bonds. The SMILES string of the molecule is COC(=O)C(C(C)C)C(O)c1ccc(Br)c(Br)c1. The Morgan fingerprint density at radius 3 is 2.33 bits per heavy atom. The van der Waals surface area contributed by atoms with Gasteiger partial charge in [-0.2, -0.15) is 0 Å². The molecule has 3 nitrogen and oxygen atoms in total. The number of carbonyl (C=O) groups excluding carboxylic acids is 1. The van der Waals surface area contributed by atoms with Crippen LogP contribution in [-0.2, 0) is 9.53 Å². The fourth-order valence-electron chi connectivity index (χ4n) is 1.81. The van der Waals surface area contributed by atoms with Gasteiger partial charge in [-0.25, -0.2) is 0 Å². The molecular weight excluding hydrogens is 364 g/mol. The number of ether oxygens (including phenoxy) is 1. The third-order valence-electron chi connectivity index (χ3n) is 2.82. The first-order chi connectivity index (χ1) is 8.38. The highest BCUT2D eigenvalue weighted by atomic mass is 79.9. The number of aliphatic hydroxyl groups excluding tert-OH is 1. The van der Waals surface area contributed by atoms with Gasteiger partial charge in [0.15, 0.2) is 0 Å². The number of esters is 1. The highest BCUT2D eigenvalue weighted by Crippen LogP contribution is 2.32. The summed E-state index contributed by atoms with van der Waals surface area (Å²) in [4.78, 5) is 11.7. The molecule has 0 aromatic heterocycles. The first-order valence-corrected chi connectivity index (χ1v) is 7.18. The van der Waals surface area contributed by atoms with Gasteiger partial charge in [-0.05, 0) is 55.5 Å². The lowest BCUT2D eigenvalue weighted by Gasteiger charge is -2.24. The maximum absolute atomic E-state index is 11.7. The van der Waals surface area contributed by atoms with Crippen LogP contribution in [0.3, 0.4) is 0 Å². The molecule has 0 bridgehead atoms. The summed E-state index contributed by atoms with van der Waals surface area (Å²) >= 11 is 6.75. The summed E-state index contributed by atoms with van der Waals surface area (Å²) in [5.41, 5.74) is 0.689. The Labute approximate surface area is 124 Å². The predicted octanol–water partition coefficient (Wildman–Crippen LogP) is 3.69. The summed E-state index contributed by atoms with van der Waals surface area (Å²) in [6.45, 7) is 3.78. The second-order valence-electron chi connectivity index (χ2n) is 4.41. The molecule has 0 heterocycles. The summed E-state index contributed by atoms with van der Waals surface area (Å²) in [5.74, 6) is -0.963. The molecule has 0 radical (unpaired) electrons. The van der Waals surface area contributed by atoms with Crippen LogP contribution in [0.1, 0.15) is 25.5 Å². The van der Waals surface area contributed by atoms with Gasteiger partial charge in [0.1, 0.15) is 0 Å². The number of hydrogen-bond acceptors (Lipinski definition) is 3. The van der Waals surface area contributed by atoms with Crippen molar-refractivity contribution in [3.05, 3.63) is 32.7 Å². The van der Waals surface area contributed by atoms with Gasteiger partial charge in [-0.3, -0.25) is 4.79 Å². The molecule has 1 aromatic rings. The molecule has 0 aliphatic heterocycles. The number of methoxy groups -OCH3 is 1. The van der Waals surface area contributed by atoms with Crippen molar-refractivity contribution in [3.8, 4) is 0 Å². The summed E-state index contributed by atoms with van der Waals surface area (Å²) in [5, 5.41) is 10.3. The lowest BCUT2D eigenvalue weighted by Crippen LogP contribution is -2.28. The highest BCUT2D eigenvalue weighted by molar-refractivity contribution is 9.13. The lowest BCUT2D eigenvalue weighted by molar-refractivity contribution is -0.152. The Morgan fingerprint density at radius 1 is 1.28 bits per heavy atom. The Morgan fingerprint density at radius 2 is 1.89 bits per heavy atom. The van der Waals surface area contributed by atoms with E-state index in [9.17, 15) is 9.90 Å². The summed E-state index contributed by atoms with van der Waals surface area (Å²) in [6, 6.07) is 5.42. The number of aliphatic hydroxyl groups is 1. The smallest absolute Gasteiger partial charge is 0.311 e. The molecule has 0 aliphatic carbocycles. The zero-order chi connectivity index (χ0) is 13.9. The minimum absolute atomic E-state index is 0.00475. The number of rotatable bonds is 4. The first kappa shape index (κ1) is 15.7. The monoisotopic (exact) mass is 378 g/mol. The zero-order valence-electron chi connectivity index (χ0n) is 10.5. The fourth-order valence-corrected chi connectivity index (χ4v) is 2.45. The molecule has 0 saturated heterocycles. The number of carbonyl (C=O) groups is 1. The fraction of sp³-hybridized carbons (Fsp3) is 0.462. The quantitative estimate of drug-likeness (QED) is 0.811. The van der Waals surface area contributed by atoms with Gasteiger partial charge in [0.05, 0.1) is 19.1 Å². The van der Waals surface area contributed by atoms with Crippen molar-refractivity contribution in [1.82, 2.24) is 0 Å². The second-order valence-corrected chi connectivity index (χ2v) is 6.12. The molecule has 0 saturated carbocycles. The van der Waals surface area contributed by atoms with Gasteiger partial charge >= 0.3 is 5.97 Å². The molecule has 5 heteroatoms. The van der Waals surface area contributed by atoms with Crippen molar-refractivity contribution in [3.63, 3.8) is 0 Å². The van der Waals surface area contributed by atoms with E-state index in [1.165, 1.54) is 7.11 Å². The molecule has 0 aliphatic rings. The zero-order valence-corrected chi connectivity index (χ0v) is 13.7. The van der Waals surface area contributed by atoms with E-state index < -0.39 is 18.0 Å². The molecule has 18 heavy (non-hydrogen) atoms. The molecule has 0 fully saturated rings. The van der Waals surface area contributed by atoms with Crippen molar-refractivity contribution in [2.24, 2.45) is 11.8 Å². The van der Waals surface area contributed by atoms with E-state index in [0.29, 0.717) is 5.56 Å². The molecule has 2 atom stereocenters. The van der Waals surface area contributed by atoms with E-state index >= 15 is 0 Å². The summed E-state index contributed by atoms with van der Waals surface area (Å²) in [6.07, 6.45) is -0.873. The van der Waals surface area contributed by atoms with E-state index in [0.717, 1.165) is 8.95 Å². The Bertz CT molecular complexity index is 432. The average Bonchev–Trinajstić information content (AvgIpc) is 2.32. The maximum Gasteiger partial charge on any atom is 0.311 e. The minimum atomic E-state index is -0.873. The van der Waals surface area contributed by atoms with Crippen LogP contribution >= 0.6 is 31.9 Å². The third kappa shape index (κ3) is 3.56. The van der Waals surface area contributed by atoms with Gasteiger partial charge in [0, 0.05) is 8.95 Å². The standard InChI is InChI=1S/C13H16Br2O3/c1-7(2)11(13(17)18-3)12(16)8-4-5-9(14)10(15)6-8/h4-7,11-12,16H,1-3H3. The van der Waals surface area contributed by atoms with Gasteiger partial charge < -0.3 is 9.84 Å². The summed E-state index contributed by atoms with van der Waals surface area (Å²) in [7, 11) is 1.34. The van der Waals surface area contributed by atoms with Crippen LogP contribution in [0.15, 0.2) is 27.1 Å². The van der Waals surface area contributed by atoms with Crippen LogP contribution < -0.4 is 0 Å². The van der Waals surface area contributed by atoms with Crippen molar-refractivity contribution in [2.75, 3.05) is 7.11 Å². The largest absolute Gasteiger partial charge is 0.469 e. The van der Waals surface area contributed by atoms with Crippen LogP contribution in [-0.4, -0.2) is 18.2 Å². The Hall–Kier alpha value is -0.390. The van der Waals surface area contributed by atoms with Crippen molar-refractivity contribution >= 4 is 37.8 Å². The maximum atomic E-state index is 11.7. The van der Waals surface area contributed by atoms with Gasteiger partial charge in [0.2, 0.25) is 0 Å². The van der Waals surface area contributed by atoms with E-state index in [1.54, 1.807) is 12.1 Å². The topological polar surface area (TPSA) is 46.5 Å². The lowest BCUT2D eigenvalue weighted by atomic mass is 9.86. The minimum Gasteiger partial charge on any atom is -0.469 e. The van der Waals surface area contributed by atoms with Gasteiger partial charge in [0.25, 0.3) is 0 Å². The van der Waals surface area contributed by atoms with E-state index in [2.05, 4.69) is 31.9 Å². The molecule has 1 rings (SSSR count). The predicted molar refractivity (Wildman–Crippen MR) is 77.1 cm³/mol. The Balaban J connectivity index is 3.05. The molecular formula is C13H16Br2O3. The van der Waals surface area contributed by atoms with Crippen molar-refractivity contribution < 1.29 is 14.6 Å². The van der Waals surface area contributed by atoms with Gasteiger partial charge in [-0.1, -0.05) is 19.9 Å². The van der Waals surface area contributed by atoms with Crippen molar-refractivity contribution in [1.29, 1.82) is 0 Å². The van der Waals surface area contributed by atoms with Gasteiger partial charge in [-0.15, -0.1) is 0 Å². The molecule has 2 unspecified atom stereocenters. The molecule has 100 valence electrons. The average molecular weight is 380 g/mol. The number of hydrogen-bond donors (Lipinski definition) is 1. The highest BCUT2D eigenvalue weighted by Gasteiger charge is 2.31. The van der Waals surface area contributed by atoms with Crippen LogP contribution in [0.25, 0.3) is 0 Å². The number of benzene rings is 1. The molecule has 1 N–H and O–H groups in total. The third-order valence-corrected chi connectivity index (χ3v) is 4.70.